The molecule has 0 aliphatic carbocycles. The van der Waals surface area contributed by atoms with Crippen molar-refractivity contribution in [1.29, 1.82) is 0 Å². The summed E-state index contributed by atoms with van der Waals surface area (Å²) in [5.74, 6) is 2.52. The van der Waals surface area contributed by atoms with Crippen molar-refractivity contribution in [1.82, 2.24) is 20.2 Å². The standard InChI is InChI=1S/C25H21N5O2/c1-16-7-9-17(10-8-16)15-26-22-20-5-3-4-6-21(20)27-23(28-22)25-30-29-24(32-25)18-11-13-19(31-2)14-12-18/h3-14H,15H2,1-2H3,(H,26,27,28). The quantitative estimate of drug-likeness (QED) is 0.398. The van der Waals surface area contributed by atoms with Crippen LogP contribution in [0.5, 0.6) is 5.75 Å². The molecule has 0 spiro atoms. The van der Waals surface area contributed by atoms with Crippen LogP contribution in [0.1, 0.15) is 11.1 Å². The highest BCUT2D eigenvalue weighted by molar-refractivity contribution is 5.90. The van der Waals surface area contributed by atoms with Crippen molar-refractivity contribution >= 4 is 16.7 Å². The van der Waals surface area contributed by atoms with Crippen molar-refractivity contribution in [2.75, 3.05) is 12.4 Å². The molecule has 0 fully saturated rings. The van der Waals surface area contributed by atoms with Crippen LogP contribution in [-0.2, 0) is 6.54 Å². The average molecular weight is 423 g/mol. The topological polar surface area (TPSA) is 86.0 Å². The number of rotatable bonds is 6. The fourth-order valence-electron chi connectivity index (χ4n) is 3.36. The van der Waals surface area contributed by atoms with Crippen molar-refractivity contribution < 1.29 is 9.15 Å². The highest BCUT2D eigenvalue weighted by Crippen LogP contribution is 2.27. The van der Waals surface area contributed by atoms with Crippen molar-refractivity contribution in [3.8, 4) is 28.9 Å². The first-order valence-electron chi connectivity index (χ1n) is 10.2. The van der Waals surface area contributed by atoms with Crippen molar-refractivity contribution in [2.24, 2.45) is 0 Å². The number of methoxy groups -OCH3 is 1. The Morgan fingerprint density at radius 2 is 1.59 bits per heavy atom. The zero-order chi connectivity index (χ0) is 21.9. The Balaban J connectivity index is 1.47. The summed E-state index contributed by atoms with van der Waals surface area (Å²) in [4.78, 5) is 9.34. The van der Waals surface area contributed by atoms with E-state index in [-0.39, 0.29) is 5.89 Å². The lowest BCUT2D eigenvalue weighted by Gasteiger charge is -2.10. The molecule has 0 unspecified atom stereocenters. The van der Waals surface area contributed by atoms with E-state index in [1.54, 1.807) is 7.11 Å². The van der Waals surface area contributed by atoms with E-state index in [1.807, 2.05) is 48.5 Å². The molecule has 0 bridgehead atoms. The summed E-state index contributed by atoms with van der Waals surface area (Å²) < 4.78 is 11.1. The van der Waals surface area contributed by atoms with Gasteiger partial charge >= 0.3 is 0 Å². The van der Waals surface area contributed by atoms with Gasteiger partial charge in [-0.1, -0.05) is 42.0 Å². The van der Waals surface area contributed by atoms with E-state index >= 15 is 0 Å². The number of aromatic nitrogens is 4. The van der Waals surface area contributed by atoms with Gasteiger partial charge in [-0.25, -0.2) is 9.97 Å². The van der Waals surface area contributed by atoms with Gasteiger partial charge in [-0.3, -0.25) is 0 Å². The van der Waals surface area contributed by atoms with E-state index in [0.29, 0.717) is 18.3 Å². The van der Waals surface area contributed by atoms with Gasteiger partial charge < -0.3 is 14.5 Å². The number of nitrogens with zero attached hydrogens (tertiary/aromatic N) is 4. The van der Waals surface area contributed by atoms with Crippen molar-refractivity contribution in [3.63, 3.8) is 0 Å². The van der Waals surface area contributed by atoms with Gasteiger partial charge in [-0.2, -0.15) is 0 Å². The monoisotopic (exact) mass is 423 g/mol. The van der Waals surface area contributed by atoms with E-state index in [4.69, 9.17) is 14.1 Å². The molecule has 5 aromatic rings. The normalized spacial score (nSPS) is 10.9. The Bertz CT molecular complexity index is 1360. The molecule has 2 aromatic heterocycles. The Morgan fingerprint density at radius 3 is 2.38 bits per heavy atom. The van der Waals surface area contributed by atoms with Crippen molar-refractivity contribution in [2.45, 2.75) is 13.5 Å². The van der Waals surface area contributed by atoms with Crippen LogP contribution in [0.15, 0.2) is 77.2 Å². The van der Waals surface area contributed by atoms with Gasteiger partial charge in [-0.05, 0) is 48.9 Å². The summed E-state index contributed by atoms with van der Waals surface area (Å²) in [6.07, 6.45) is 0. The van der Waals surface area contributed by atoms with Crippen LogP contribution in [0.25, 0.3) is 34.1 Å². The summed E-state index contributed by atoms with van der Waals surface area (Å²) >= 11 is 0. The predicted octanol–water partition coefficient (Wildman–Crippen LogP) is 5.28. The van der Waals surface area contributed by atoms with E-state index in [9.17, 15) is 0 Å². The molecule has 3 aromatic carbocycles. The van der Waals surface area contributed by atoms with Gasteiger partial charge in [0.25, 0.3) is 5.89 Å². The molecule has 2 heterocycles. The molecule has 0 saturated carbocycles. The fraction of sp³-hybridized carbons (Fsp3) is 0.120. The van der Waals surface area contributed by atoms with Crippen LogP contribution >= 0.6 is 0 Å². The van der Waals surface area contributed by atoms with Gasteiger partial charge in [0.05, 0.1) is 12.6 Å². The smallest absolute Gasteiger partial charge is 0.286 e. The Labute approximate surface area is 185 Å². The molecule has 0 aliphatic heterocycles. The maximum absolute atomic E-state index is 5.89. The highest BCUT2D eigenvalue weighted by Gasteiger charge is 2.16. The maximum atomic E-state index is 5.89. The van der Waals surface area contributed by atoms with Crippen LogP contribution in [0.3, 0.4) is 0 Å². The molecule has 0 atom stereocenters. The minimum absolute atomic E-state index is 0.264. The molecule has 7 nitrogen and oxygen atoms in total. The Hall–Kier alpha value is -4.26. The largest absolute Gasteiger partial charge is 0.497 e. The fourth-order valence-corrected chi connectivity index (χ4v) is 3.36. The molecule has 0 aliphatic rings. The molecular weight excluding hydrogens is 402 g/mol. The third-order valence-electron chi connectivity index (χ3n) is 5.14. The number of aryl methyl sites for hydroxylation is 1. The van der Waals surface area contributed by atoms with E-state index in [2.05, 4.69) is 51.7 Å². The number of fused-ring (bicyclic) bond motifs is 1. The maximum Gasteiger partial charge on any atom is 0.286 e. The second-order valence-electron chi connectivity index (χ2n) is 7.39. The average Bonchev–Trinajstić information content (AvgIpc) is 3.34. The third-order valence-corrected chi connectivity index (χ3v) is 5.14. The first-order chi connectivity index (χ1) is 15.7. The zero-order valence-electron chi connectivity index (χ0n) is 17.7. The molecular formula is C25H21N5O2. The molecule has 0 saturated heterocycles. The third kappa shape index (κ3) is 4.00. The van der Waals surface area contributed by atoms with Crippen LogP contribution in [0, 0.1) is 6.92 Å². The summed E-state index contributed by atoms with van der Waals surface area (Å²) in [5, 5.41) is 12.7. The van der Waals surface area contributed by atoms with Crippen molar-refractivity contribution in [3.05, 3.63) is 83.9 Å². The summed E-state index contributed by atoms with van der Waals surface area (Å²) in [6, 6.07) is 23.7. The molecule has 0 radical (unpaired) electrons. The summed E-state index contributed by atoms with van der Waals surface area (Å²) in [6.45, 7) is 2.72. The van der Waals surface area contributed by atoms with Crippen LogP contribution in [0.2, 0.25) is 0 Å². The van der Waals surface area contributed by atoms with E-state index in [1.165, 1.54) is 11.1 Å². The van der Waals surface area contributed by atoms with E-state index in [0.717, 1.165) is 28.0 Å². The lowest BCUT2D eigenvalue weighted by atomic mass is 10.1. The molecule has 32 heavy (non-hydrogen) atoms. The predicted molar refractivity (Wildman–Crippen MR) is 123 cm³/mol. The van der Waals surface area contributed by atoms with Crippen LogP contribution in [-0.4, -0.2) is 27.3 Å². The minimum atomic E-state index is 0.264. The second-order valence-corrected chi connectivity index (χ2v) is 7.39. The van der Waals surface area contributed by atoms with Crippen LogP contribution in [0.4, 0.5) is 5.82 Å². The Kier molecular flexibility index (Phi) is 5.21. The Morgan fingerprint density at radius 1 is 0.844 bits per heavy atom. The lowest BCUT2D eigenvalue weighted by Crippen LogP contribution is -2.04. The number of para-hydroxylation sites is 1. The summed E-state index contributed by atoms with van der Waals surface area (Å²) in [7, 11) is 1.63. The van der Waals surface area contributed by atoms with Crippen LogP contribution < -0.4 is 10.1 Å². The second kappa shape index (κ2) is 8.47. The number of ether oxygens (including phenoxy) is 1. The molecule has 5 rings (SSSR count). The number of hydrogen-bond donors (Lipinski definition) is 1. The minimum Gasteiger partial charge on any atom is -0.497 e. The SMILES string of the molecule is COc1ccc(-c2nnc(-c3nc(NCc4ccc(C)cc4)c4ccccc4n3)o2)cc1. The number of hydrogen-bond acceptors (Lipinski definition) is 7. The molecule has 7 heteroatoms. The van der Waals surface area contributed by atoms with Gasteiger partial charge in [0.2, 0.25) is 11.7 Å². The number of anilines is 1. The molecule has 158 valence electrons. The molecule has 1 N–H and O–H groups in total. The van der Waals surface area contributed by atoms with E-state index < -0.39 is 0 Å². The van der Waals surface area contributed by atoms with Gasteiger partial charge in [0.15, 0.2) is 0 Å². The number of nitrogens with one attached hydrogen (secondary N) is 1. The van der Waals surface area contributed by atoms with Gasteiger partial charge in [-0.15, -0.1) is 10.2 Å². The summed E-state index contributed by atoms with van der Waals surface area (Å²) in [5.41, 5.74) is 3.99. The lowest BCUT2D eigenvalue weighted by molar-refractivity contribution is 0.415. The first-order valence-corrected chi connectivity index (χ1v) is 10.2. The zero-order valence-corrected chi connectivity index (χ0v) is 17.7. The number of benzene rings is 3. The molecule has 0 amide bonds. The first kappa shape index (κ1) is 19.7. The van der Waals surface area contributed by atoms with Gasteiger partial charge in [0.1, 0.15) is 11.6 Å². The van der Waals surface area contributed by atoms with Gasteiger partial charge in [0, 0.05) is 17.5 Å². The highest BCUT2D eigenvalue weighted by atomic mass is 16.5.